The molecule has 0 amide bonds. The van der Waals surface area contributed by atoms with Crippen molar-refractivity contribution in [1.82, 2.24) is 10.1 Å². The predicted molar refractivity (Wildman–Crippen MR) is 48.0 cm³/mol. The first-order chi connectivity index (χ1) is 6.24. The second-order valence-corrected chi connectivity index (χ2v) is 3.51. The van der Waals surface area contributed by atoms with E-state index in [2.05, 4.69) is 5.16 Å². The van der Waals surface area contributed by atoms with Crippen molar-refractivity contribution in [3.8, 4) is 5.88 Å². The highest BCUT2D eigenvalue weighted by Crippen LogP contribution is 2.37. The maximum atomic E-state index is 6.17. The molecule has 1 atom stereocenters. The Labute approximate surface area is 81.4 Å². The van der Waals surface area contributed by atoms with Crippen molar-refractivity contribution < 1.29 is 9.26 Å². The van der Waals surface area contributed by atoms with Gasteiger partial charge in [-0.3, -0.25) is 4.90 Å². The molecule has 0 bridgehead atoms. The van der Waals surface area contributed by atoms with Gasteiger partial charge in [-0.2, -0.15) is 0 Å². The third-order valence-electron chi connectivity index (χ3n) is 2.28. The second-order valence-electron chi connectivity index (χ2n) is 3.10. The Morgan fingerprint density at radius 2 is 2.46 bits per heavy atom. The van der Waals surface area contributed by atoms with Gasteiger partial charge < -0.3 is 9.26 Å². The molecule has 1 aliphatic heterocycles. The summed E-state index contributed by atoms with van der Waals surface area (Å²) >= 11 is 6.17. The minimum Gasteiger partial charge on any atom is -0.479 e. The summed E-state index contributed by atoms with van der Waals surface area (Å²) in [6.45, 7) is 0.888. The highest BCUT2D eigenvalue weighted by atomic mass is 35.5. The first-order valence-electron chi connectivity index (χ1n) is 4.10. The van der Waals surface area contributed by atoms with Crippen LogP contribution < -0.4 is 4.74 Å². The second kappa shape index (κ2) is 3.20. The Kier molecular flexibility index (Phi) is 2.17. The lowest BCUT2D eigenvalue weighted by atomic mass is 10.1. The number of likely N-dealkylation sites (N-methyl/N-ethyl adjacent to an activating group) is 1. The maximum absolute atomic E-state index is 6.17. The summed E-state index contributed by atoms with van der Waals surface area (Å²) in [6, 6.07) is 0. The zero-order valence-electron chi connectivity index (χ0n) is 7.58. The summed E-state index contributed by atoms with van der Waals surface area (Å²) in [6.07, 6.45) is 0.839. The first-order valence-corrected chi connectivity index (χ1v) is 4.54. The summed E-state index contributed by atoms with van der Waals surface area (Å²) < 4.78 is 10.2. The third kappa shape index (κ3) is 1.30. The average molecular weight is 203 g/mol. The largest absolute Gasteiger partial charge is 0.479 e. The monoisotopic (exact) mass is 202 g/mol. The quantitative estimate of drug-likeness (QED) is 0.510. The lowest BCUT2D eigenvalue weighted by Gasteiger charge is -2.26. The SMILES string of the molecule is COc1noc2c1C(Cl)N(C)CC2. The van der Waals surface area contributed by atoms with Crippen LogP contribution in [0, 0.1) is 0 Å². The molecular weight excluding hydrogens is 192 g/mol. The normalized spacial score (nSPS) is 22.8. The minimum absolute atomic E-state index is 0.190. The Morgan fingerprint density at radius 1 is 1.69 bits per heavy atom. The van der Waals surface area contributed by atoms with Crippen LogP contribution in [0.15, 0.2) is 4.52 Å². The summed E-state index contributed by atoms with van der Waals surface area (Å²) in [7, 11) is 3.53. The van der Waals surface area contributed by atoms with Gasteiger partial charge in [0, 0.05) is 13.0 Å². The minimum atomic E-state index is -0.190. The van der Waals surface area contributed by atoms with Crippen LogP contribution >= 0.6 is 11.6 Å². The van der Waals surface area contributed by atoms with E-state index >= 15 is 0 Å². The van der Waals surface area contributed by atoms with Crippen LogP contribution in [0.4, 0.5) is 0 Å². The van der Waals surface area contributed by atoms with Gasteiger partial charge in [-0.15, -0.1) is 0 Å². The summed E-state index contributed by atoms with van der Waals surface area (Å²) in [5.41, 5.74) is 0.683. The van der Waals surface area contributed by atoms with Crippen LogP contribution in [0.5, 0.6) is 5.88 Å². The van der Waals surface area contributed by atoms with E-state index in [1.54, 1.807) is 7.11 Å². The van der Waals surface area contributed by atoms with Crippen LogP contribution in [-0.4, -0.2) is 30.8 Å². The van der Waals surface area contributed by atoms with Crippen molar-refractivity contribution in [1.29, 1.82) is 0 Å². The Morgan fingerprint density at radius 3 is 3.15 bits per heavy atom. The number of halogens is 1. The molecule has 72 valence electrons. The van der Waals surface area contributed by atoms with Crippen molar-refractivity contribution in [2.75, 3.05) is 20.7 Å². The topological polar surface area (TPSA) is 38.5 Å². The molecular formula is C8H11ClN2O2. The maximum Gasteiger partial charge on any atom is 0.260 e. The molecule has 2 heterocycles. The van der Waals surface area contributed by atoms with Gasteiger partial charge in [0.25, 0.3) is 5.88 Å². The fourth-order valence-corrected chi connectivity index (χ4v) is 1.80. The van der Waals surface area contributed by atoms with Gasteiger partial charge in [-0.05, 0) is 12.2 Å². The standard InChI is InChI=1S/C8H11ClN2O2/c1-11-4-3-5-6(7(11)9)8(12-2)10-13-5/h7H,3-4H2,1-2H3. The number of rotatable bonds is 1. The van der Waals surface area contributed by atoms with E-state index in [0.29, 0.717) is 5.88 Å². The third-order valence-corrected chi connectivity index (χ3v) is 2.83. The van der Waals surface area contributed by atoms with E-state index in [0.717, 1.165) is 24.3 Å². The molecule has 1 aromatic rings. The van der Waals surface area contributed by atoms with Gasteiger partial charge in [0.2, 0.25) is 0 Å². The molecule has 0 fully saturated rings. The fraction of sp³-hybridized carbons (Fsp3) is 0.625. The number of fused-ring (bicyclic) bond motifs is 1. The molecule has 1 unspecified atom stereocenters. The molecule has 0 aromatic carbocycles. The number of alkyl halides is 1. The van der Waals surface area contributed by atoms with Crippen LogP contribution in [0.25, 0.3) is 0 Å². The van der Waals surface area contributed by atoms with Crippen molar-refractivity contribution in [2.45, 2.75) is 11.9 Å². The first kappa shape index (κ1) is 8.84. The molecule has 1 aliphatic rings. The molecule has 0 N–H and O–H groups in total. The van der Waals surface area contributed by atoms with Crippen LogP contribution in [0.1, 0.15) is 16.8 Å². The molecule has 0 aliphatic carbocycles. The molecule has 2 rings (SSSR count). The number of hydrogen-bond acceptors (Lipinski definition) is 4. The average Bonchev–Trinajstić information content (AvgIpc) is 2.55. The molecule has 0 spiro atoms. The van der Waals surface area contributed by atoms with E-state index in [-0.39, 0.29) is 5.50 Å². The van der Waals surface area contributed by atoms with E-state index in [1.807, 2.05) is 11.9 Å². The number of ether oxygens (including phenoxy) is 1. The number of hydrogen-bond donors (Lipinski definition) is 0. The zero-order chi connectivity index (χ0) is 9.42. The van der Waals surface area contributed by atoms with Crippen molar-refractivity contribution in [3.05, 3.63) is 11.3 Å². The Bertz CT molecular complexity index is 300. The Balaban J connectivity index is 2.42. The summed E-state index contributed by atoms with van der Waals surface area (Å²) in [5, 5.41) is 3.79. The molecule has 5 heteroatoms. The van der Waals surface area contributed by atoms with Crippen molar-refractivity contribution in [2.24, 2.45) is 0 Å². The van der Waals surface area contributed by atoms with Gasteiger partial charge in [0.1, 0.15) is 11.3 Å². The molecule has 0 saturated heterocycles. The van der Waals surface area contributed by atoms with Crippen molar-refractivity contribution in [3.63, 3.8) is 0 Å². The summed E-state index contributed by atoms with van der Waals surface area (Å²) in [4.78, 5) is 2.03. The fourth-order valence-electron chi connectivity index (χ4n) is 1.49. The lowest BCUT2D eigenvalue weighted by Crippen LogP contribution is -2.28. The number of methoxy groups -OCH3 is 1. The van der Waals surface area contributed by atoms with Gasteiger partial charge in [-0.1, -0.05) is 11.6 Å². The zero-order valence-corrected chi connectivity index (χ0v) is 8.34. The molecule has 0 radical (unpaired) electrons. The van der Waals surface area contributed by atoms with E-state index in [1.165, 1.54) is 0 Å². The molecule has 4 nitrogen and oxygen atoms in total. The van der Waals surface area contributed by atoms with Gasteiger partial charge in [0.05, 0.1) is 12.7 Å². The number of nitrogens with zero attached hydrogens (tertiary/aromatic N) is 2. The highest BCUT2D eigenvalue weighted by molar-refractivity contribution is 6.20. The van der Waals surface area contributed by atoms with E-state index in [9.17, 15) is 0 Å². The van der Waals surface area contributed by atoms with E-state index < -0.39 is 0 Å². The van der Waals surface area contributed by atoms with Gasteiger partial charge >= 0.3 is 0 Å². The lowest BCUT2D eigenvalue weighted by molar-refractivity contribution is 0.270. The highest BCUT2D eigenvalue weighted by Gasteiger charge is 2.30. The van der Waals surface area contributed by atoms with Crippen molar-refractivity contribution >= 4 is 11.6 Å². The van der Waals surface area contributed by atoms with E-state index in [4.69, 9.17) is 20.9 Å². The van der Waals surface area contributed by atoms with Crippen LogP contribution in [0.3, 0.4) is 0 Å². The molecule has 0 saturated carbocycles. The van der Waals surface area contributed by atoms with Crippen LogP contribution in [0.2, 0.25) is 0 Å². The van der Waals surface area contributed by atoms with Gasteiger partial charge in [0.15, 0.2) is 0 Å². The molecule has 13 heavy (non-hydrogen) atoms. The van der Waals surface area contributed by atoms with Crippen LogP contribution in [-0.2, 0) is 6.42 Å². The predicted octanol–water partition coefficient (Wildman–Crippen LogP) is 1.41. The smallest absolute Gasteiger partial charge is 0.260 e. The summed E-state index contributed by atoms with van der Waals surface area (Å²) in [5.74, 6) is 1.34. The Hall–Kier alpha value is -0.740. The molecule has 1 aromatic heterocycles. The van der Waals surface area contributed by atoms with Gasteiger partial charge in [-0.25, -0.2) is 0 Å². The number of aromatic nitrogens is 1.